The summed E-state index contributed by atoms with van der Waals surface area (Å²) in [6.45, 7) is 2.46. The van der Waals surface area contributed by atoms with Crippen molar-refractivity contribution < 1.29 is 13.5 Å². The molecule has 1 N–H and O–H groups in total. The van der Waals surface area contributed by atoms with Crippen molar-refractivity contribution in [3.63, 3.8) is 0 Å². The van der Waals surface area contributed by atoms with Crippen LogP contribution in [0.5, 0.6) is 0 Å². The van der Waals surface area contributed by atoms with Gasteiger partial charge in [-0.2, -0.15) is 17.0 Å². The maximum absolute atomic E-state index is 12.6. The van der Waals surface area contributed by atoms with E-state index in [-0.39, 0.29) is 12.6 Å². The third kappa shape index (κ3) is 3.48. The van der Waals surface area contributed by atoms with Crippen LogP contribution in [0.25, 0.3) is 0 Å². The molecule has 1 saturated carbocycles. The van der Waals surface area contributed by atoms with Gasteiger partial charge in [0, 0.05) is 26.2 Å². The Morgan fingerprint density at radius 3 is 2.42 bits per heavy atom. The summed E-state index contributed by atoms with van der Waals surface area (Å²) in [5.74, 6) is 0. The molecular formula is C13H26N2O3S. The van der Waals surface area contributed by atoms with Crippen molar-refractivity contribution in [3.8, 4) is 0 Å². The van der Waals surface area contributed by atoms with Crippen LogP contribution in [0.2, 0.25) is 0 Å². The van der Waals surface area contributed by atoms with Crippen LogP contribution in [0.4, 0.5) is 0 Å². The zero-order chi connectivity index (χ0) is 14.1. The Labute approximate surface area is 116 Å². The van der Waals surface area contributed by atoms with Crippen LogP contribution in [0.15, 0.2) is 0 Å². The van der Waals surface area contributed by atoms with Gasteiger partial charge in [0.05, 0.1) is 5.60 Å². The highest BCUT2D eigenvalue weighted by atomic mass is 32.2. The molecule has 2 aliphatic rings. The Morgan fingerprint density at radius 2 is 1.84 bits per heavy atom. The van der Waals surface area contributed by atoms with E-state index in [0.717, 1.165) is 32.1 Å². The summed E-state index contributed by atoms with van der Waals surface area (Å²) in [5, 5.41) is 10.1. The highest BCUT2D eigenvalue weighted by Crippen LogP contribution is 2.28. The Bertz CT molecular complexity index is 402. The molecule has 1 aliphatic carbocycles. The number of hydrogen-bond acceptors (Lipinski definition) is 3. The van der Waals surface area contributed by atoms with E-state index >= 15 is 0 Å². The lowest BCUT2D eigenvalue weighted by atomic mass is 9.96. The predicted octanol–water partition coefficient (Wildman–Crippen LogP) is 1.34. The zero-order valence-electron chi connectivity index (χ0n) is 12.0. The maximum atomic E-state index is 12.6. The first-order valence-corrected chi connectivity index (χ1v) is 8.68. The van der Waals surface area contributed by atoms with Crippen LogP contribution in [-0.2, 0) is 10.2 Å². The third-order valence-corrected chi connectivity index (χ3v) is 6.41. The smallest absolute Gasteiger partial charge is 0.282 e. The molecule has 112 valence electrons. The standard InChI is InChI=1S/C13H26N2O3S/c1-13(16)9-6-10-15(11-13)19(17,18)14(2)12-7-4-3-5-8-12/h12,16H,3-11H2,1-2H3. The molecular weight excluding hydrogens is 264 g/mol. The van der Waals surface area contributed by atoms with Crippen molar-refractivity contribution in [3.05, 3.63) is 0 Å². The molecule has 0 aromatic carbocycles. The molecule has 0 bridgehead atoms. The molecule has 0 aromatic rings. The molecule has 0 spiro atoms. The zero-order valence-corrected chi connectivity index (χ0v) is 12.8. The first kappa shape index (κ1) is 15.2. The number of piperidine rings is 1. The number of rotatable bonds is 3. The second-order valence-electron chi connectivity index (χ2n) is 6.25. The van der Waals surface area contributed by atoms with Gasteiger partial charge in [-0.1, -0.05) is 19.3 Å². The summed E-state index contributed by atoms with van der Waals surface area (Å²) in [6, 6.07) is 0.130. The molecule has 1 atom stereocenters. The van der Waals surface area contributed by atoms with Gasteiger partial charge in [0.15, 0.2) is 0 Å². The minimum atomic E-state index is -3.43. The lowest BCUT2D eigenvalue weighted by Gasteiger charge is -2.40. The van der Waals surface area contributed by atoms with E-state index in [2.05, 4.69) is 0 Å². The number of aliphatic hydroxyl groups is 1. The van der Waals surface area contributed by atoms with Gasteiger partial charge in [-0.25, -0.2) is 0 Å². The quantitative estimate of drug-likeness (QED) is 0.853. The number of hydrogen-bond donors (Lipinski definition) is 1. The minimum Gasteiger partial charge on any atom is -0.389 e. The van der Waals surface area contributed by atoms with Gasteiger partial charge in [-0.15, -0.1) is 0 Å². The fourth-order valence-electron chi connectivity index (χ4n) is 3.19. The van der Waals surface area contributed by atoms with E-state index in [1.54, 1.807) is 14.0 Å². The number of β-amino-alcohol motifs (C(OH)–C–C–N with tert-alkyl or cyclic N) is 1. The largest absolute Gasteiger partial charge is 0.389 e. The van der Waals surface area contributed by atoms with Gasteiger partial charge in [0.25, 0.3) is 10.2 Å². The topological polar surface area (TPSA) is 60.9 Å². The Morgan fingerprint density at radius 1 is 1.21 bits per heavy atom. The second-order valence-corrected chi connectivity index (χ2v) is 8.24. The normalized spacial score (nSPS) is 31.8. The average Bonchev–Trinajstić information content (AvgIpc) is 2.37. The molecule has 1 unspecified atom stereocenters. The molecule has 0 aromatic heterocycles. The van der Waals surface area contributed by atoms with Crippen molar-refractivity contribution >= 4 is 10.2 Å². The lowest BCUT2D eigenvalue weighted by Crippen LogP contribution is -2.54. The molecule has 2 rings (SSSR count). The fourth-order valence-corrected chi connectivity index (χ4v) is 4.94. The molecule has 2 fully saturated rings. The molecule has 0 amide bonds. The van der Waals surface area contributed by atoms with Crippen molar-refractivity contribution in [1.82, 2.24) is 8.61 Å². The van der Waals surface area contributed by atoms with E-state index < -0.39 is 15.8 Å². The fraction of sp³-hybridized carbons (Fsp3) is 1.00. The van der Waals surface area contributed by atoms with Crippen molar-refractivity contribution in [2.45, 2.75) is 63.5 Å². The van der Waals surface area contributed by atoms with E-state index in [1.165, 1.54) is 15.0 Å². The summed E-state index contributed by atoms with van der Waals surface area (Å²) in [4.78, 5) is 0. The molecule has 1 heterocycles. The van der Waals surface area contributed by atoms with Crippen LogP contribution in [0.3, 0.4) is 0 Å². The maximum Gasteiger partial charge on any atom is 0.282 e. The monoisotopic (exact) mass is 290 g/mol. The SMILES string of the molecule is CN(C1CCCCC1)S(=O)(=O)N1CCCC(C)(O)C1. The molecule has 0 radical (unpaired) electrons. The Balaban J connectivity index is 2.08. The first-order valence-electron chi connectivity index (χ1n) is 7.28. The average molecular weight is 290 g/mol. The Hall–Kier alpha value is -0.170. The summed E-state index contributed by atoms with van der Waals surface area (Å²) in [5.41, 5.74) is -0.890. The van der Waals surface area contributed by atoms with Crippen LogP contribution in [0.1, 0.15) is 51.9 Å². The summed E-state index contributed by atoms with van der Waals surface area (Å²) in [7, 11) is -1.74. The van der Waals surface area contributed by atoms with Crippen molar-refractivity contribution in [2.24, 2.45) is 0 Å². The minimum absolute atomic E-state index is 0.130. The Kier molecular flexibility index (Phi) is 4.55. The van der Waals surface area contributed by atoms with Gasteiger partial charge in [-0.3, -0.25) is 0 Å². The van der Waals surface area contributed by atoms with Crippen LogP contribution >= 0.6 is 0 Å². The first-order chi connectivity index (χ1) is 8.83. The van der Waals surface area contributed by atoms with E-state index in [4.69, 9.17) is 0 Å². The molecule has 1 aliphatic heterocycles. The van der Waals surface area contributed by atoms with Gasteiger partial charge < -0.3 is 5.11 Å². The van der Waals surface area contributed by atoms with Crippen LogP contribution in [0, 0.1) is 0 Å². The molecule has 1 saturated heterocycles. The van der Waals surface area contributed by atoms with Crippen molar-refractivity contribution in [2.75, 3.05) is 20.1 Å². The summed E-state index contributed by atoms with van der Waals surface area (Å²) < 4.78 is 28.2. The van der Waals surface area contributed by atoms with E-state index in [1.807, 2.05) is 0 Å². The van der Waals surface area contributed by atoms with Crippen molar-refractivity contribution in [1.29, 1.82) is 0 Å². The van der Waals surface area contributed by atoms with Gasteiger partial charge in [0.1, 0.15) is 0 Å². The van der Waals surface area contributed by atoms with Gasteiger partial charge in [-0.05, 0) is 32.6 Å². The van der Waals surface area contributed by atoms with Crippen LogP contribution < -0.4 is 0 Å². The number of nitrogens with zero attached hydrogens (tertiary/aromatic N) is 2. The molecule has 5 nitrogen and oxygen atoms in total. The van der Waals surface area contributed by atoms with Crippen LogP contribution in [-0.4, -0.2) is 53.9 Å². The van der Waals surface area contributed by atoms with E-state index in [0.29, 0.717) is 13.0 Å². The lowest BCUT2D eigenvalue weighted by molar-refractivity contribution is 0.00746. The van der Waals surface area contributed by atoms with Gasteiger partial charge >= 0.3 is 0 Å². The highest BCUT2D eigenvalue weighted by Gasteiger charge is 2.38. The molecule has 19 heavy (non-hydrogen) atoms. The molecule has 6 heteroatoms. The van der Waals surface area contributed by atoms with Gasteiger partial charge in [0.2, 0.25) is 0 Å². The summed E-state index contributed by atoms with van der Waals surface area (Å²) in [6.07, 6.45) is 6.75. The summed E-state index contributed by atoms with van der Waals surface area (Å²) >= 11 is 0. The predicted molar refractivity (Wildman–Crippen MR) is 75.0 cm³/mol. The second kappa shape index (κ2) is 5.68. The van der Waals surface area contributed by atoms with E-state index in [9.17, 15) is 13.5 Å². The third-order valence-electron chi connectivity index (χ3n) is 4.42. The highest BCUT2D eigenvalue weighted by molar-refractivity contribution is 7.86.